The molecule has 5 heteroatoms. The van der Waals surface area contributed by atoms with Crippen LogP contribution in [-0.4, -0.2) is 16.8 Å². The van der Waals surface area contributed by atoms with Gasteiger partial charge in [-0.2, -0.15) is 0 Å². The molecule has 88 valence electrons. The summed E-state index contributed by atoms with van der Waals surface area (Å²) in [5, 5.41) is 9.49. The maximum Gasteiger partial charge on any atom is 0.426 e. The number of aliphatic hydroxyl groups excluding tert-OH is 1. The molecule has 0 saturated carbocycles. The number of allylic oxidation sites excluding steroid dienone is 5. The zero-order chi connectivity index (χ0) is 12.2. The molecule has 0 bridgehead atoms. The predicted octanol–water partition coefficient (Wildman–Crippen LogP) is 1.91. The van der Waals surface area contributed by atoms with E-state index < -0.39 is 11.7 Å². The van der Waals surface area contributed by atoms with Gasteiger partial charge in [0.2, 0.25) is 5.88 Å². The van der Waals surface area contributed by atoms with Crippen molar-refractivity contribution < 1.29 is 14.6 Å². The van der Waals surface area contributed by atoms with E-state index in [-0.39, 0.29) is 5.88 Å². The number of aliphatic hydroxyl groups is 1. The van der Waals surface area contributed by atoms with Gasteiger partial charge < -0.3 is 9.84 Å². The van der Waals surface area contributed by atoms with Crippen molar-refractivity contribution >= 4 is 6.09 Å². The van der Waals surface area contributed by atoms with Crippen molar-refractivity contribution in [3.63, 3.8) is 0 Å². The average Bonchev–Trinajstić information content (AvgIpc) is 2.64. The number of amides is 1. The van der Waals surface area contributed by atoms with Crippen LogP contribution >= 0.6 is 0 Å². The Balaban J connectivity index is 2.41. The molecule has 5 nitrogen and oxygen atoms in total. The van der Waals surface area contributed by atoms with Crippen LogP contribution in [0.4, 0.5) is 4.79 Å². The van der Waals surface area contributed by atoms with E-state index in [1.807, 2.05) is 0 Å². The van der Waals surface area contributed by atoms with Gasteiger partial charge in [0.15, 0.2) is 0 Å². The lowest BCUT2D eigenvalue weighted by atomic mass is 10.2. The number of rotatable bonds is 2. The zero-order valence-electron chi connectivity index (χ0n) is 9.57. The quantitative estimate of drug-likeness (QED) is 0.495. The average molecular weight is 224 g/mol. The summed E-state index contributed by atoms with van der Waals surface area (Å²) in [4.78, 5) is 11.2. The van der Waals surface area contributed by atoms with Gasteiger partial charge in [-0.25, -0.2) is 10.2 Å². The summed E-state index contributed by atoms with van der Waals surface area (Å²) in [6, 6.07) is 0. The Hall–Kier alpha value is -1.91. The molecule has 16 heavy (non-hydrogen) atoms. The van der Waals surface area contributed by atoms with Gasteiger partial charge in [-0.05, 0) is 32.9 Å². The van der Waals surface area contributed by atoms with Gasteiger partial charge in [-0.1, -0.05) is 12.2 Å². The summed E-state index contributed by atoms with van der Waals surface area (Å²) in [6.07, 6.45) is 6.32. The van der Waals surface area contributed by atoms with E-state index in [9.17, 15) is 9.90 Å². The molecular weight excluding hydrogens is 208 g/mol. The molecule has 3 N–H and O–H groups in total. The molecule has 0 saturated heterocycles. The largest absolute Gasteiger partial charge is 0.493 e. The van der Waals surface area contributed by atoms with Crippen LogP contribution in [0, 0.1) is 0 Å². The SMILES string of the molecule is CC(C)(C)OC(=O)NNC(O)=C1C=CC=C1. The highest BCUT2D eigenvalue weighted by atomic mass is 16.6. The molecule has 0 unspecified atom stereocenters. The molecular formula is C11H16N2O3. The monoisotopic (exact) mass is 224 g/mol. The molecule has 0 aromatic heterocycles. The second-order valence-corrected chi connectivity index (χ2v) is 4.27. The normalized spacial score (nSPS) is 13.8. The Morgan fingerprint density at radius 2 is 1.81 bits per heavy atom. The first-order valence-electron chi connectivity index (χ1n) is 4.91. The van der Waals surface area contributed by atoms with Crippen molar-refractivity contribution in [3.05, 3.63) is 35.8 Å². The summed E-state index contributed by atoms with van der Waals surface area (Å²) in [5.74, 6) is -0.129. The maximum atomic E-state index is 11.2. The van der Waals surface area contributed by atoms with Crippen LogP contribution in [0.5, 0.6) is 0 Å². The molecule has 0 spiro atoms. The van der Waals surface area contributed by atoms with Crippen molar-refractivity contribution in [1.29, 1.82) is 0 Å². The van der Waals surface area contributed by atoms with Crippen molar-refractivity contribution in [1.82, 2.24) is 10.9 Å². The molecule has 0 aromatic carbocycles. The highest BCUT2D eigenvalue weighted by Crippen LogP contribution is 2.09. The zero-order valence-corrected chi connectivity index (χ0v) is 9.57. The van der Waals surface area contributed by atoms with Gasteiger partial charge in [0.1, 0.15) is 5.60 Å². The van der Waals surface area contributed by atoms with Crippen LogP contribution in [-0.2, 0) is 4.74 Å². The van der Waals surface area contributed by atoms with Crippen molar-refractivity contribution in [2.75, 3.05) is 0 Å². The summed E-state index contributed by atoms with van der Waals surface area (Å²) < 4.78 is 4.97. The summed E-state index contributed by atoms with van der Waals surface area (Å²) in [6.45, 7) is 5.27. The van der Waals surface area contributed by atoms with Crippen LogP contribution < -0.4 is 10.9 Å². The molecule has 0 aliphatic heterocycles. The lowest BCUT2D eigenvalue weighted by Gasteiger charge is -2.20. The third-order valence-corrected chi connectivity index (χ3v) is 1.62. The Morgan fingerprint density at radius 1 is 1.25 bits per heavy atom. The minimum atomic E-state index is -0.648. The number of hydrogen-bond acceptors (Lipinski definition) is 4. The smallest absolute Gasteiger partial charge is 0.426 e. The molecule has 0 atom stereocenters. The van der Waals surface area contributed by atoms with Crippen LogP contribution in [0.1, 0.15) is 20.8 Å². The standard InChI is InChI=1S/C11H16N2O3/c1-11(2,3)16-10(15)13-12-9(14)8-6-4-5-7-8/h4-7,12,14H,1-3H3,(H,13,15). The number of hydrogen-bond donors (Lipinski definition) is 3. The third-order valence-electron chi connectivity index (χ3n) is 1.62. The molecule has 0 radical (unpaired) electrons. The topological polar surface area (TPSA) is 70.6 Å². The van der Waals surface area contributed by atoms with E-state index in [0.29, 0.717) is 5.57 Å². The maximum absolute atomic E-state index is 11.2. The van der Waals surface area contributed by atoms with Crippen LogP contribution in [0.25, 0.3) is 0 Å². The van der Waals surface area contributed by atoms with Gasteiger partial charge in [-0.3, -0.25) is 5.43 Å². The van der Waals surface area contributed by atoms with Gasteiger partial charge in [0, 0.05) is 5.57 Å². The van der Waals surface area contributed by atoms with Crippen molar-refractivity contribution in [2.45, 2.75) is 26.4 Å². The van der Waals surface area contributed by atoms with Crippen LogP contribution in [0.15, 0.2) is 35.8 Å². The van der Waals surface area contributed by atoms with E-state index in [1.165, 1.54) is 0 Å². The van der Waals surface area contributed by atoms with Crippen molar-refractivity contribution in [2.24, 2.45) is 0 Å². The fraction of sp³-hybridized carbons (Fsp3) is 0.364. The van der Waals surface area contributed by atoms with Crippen molar-refractivity contribution in [3.8, 4) is 0 Å². The summed E-state index contributed by atoms with van der Waals surface area (Å²) >= 11 is 0. The summed E-state index contributed by atoms with van der Waals surface area (Å²) in [7, 11) is 0. The fourth-order valence-corrected chi connectivity index (χ4v) is 1.02. The van der Waals surface area contributed by atoms with E-state index in [0.717, 1.165) is 0 Å². The van der Waals surface area contributed by atoms with Gasteiger partial charge in [0.25, 0.3) is 0 Å². The lowest BCUT2D eigenvalue weighted by Crippen LogP contribution is -2.40. The number of ether oxygens (including phenoxy) is 1. The number of hydrazine groups is 1. The predicted molar refractivity (Wildman–Crippen MR) is 60.4 cm³/mol. The number of carbonyl (C=O) groups is 1. The third kappa shape index (κ3) is 4.08. The first kappa shape index (κ1) is 12.2. The van der Waals surface area contributed by atoms with Gasteiger partial charge >= 0.3 is 6.09 Å². The Morgan fingerprint density at radius 3 is 2.31 bits per heavy atom. The number of nitrogens with one attached hydrogen (secondary N) is 2. The lowest BCUT2D eigenvalue weighted by molar-refractivity contribution is 0.0493. The highest BCUT2D eigenvalue weighted by molar-refractivity contribution is 5.67. The minimum absolute atomic E-state index is 0.129. The second kappa shape index (κ2) is 4.74. The van der Waals surface area contributed by atoms with Crippen LogP contribution in [0.2, 0.25) is 0 Å². The van der Waals surface area contributed by atoms with E-state index >= 15 is 0 Å². The molecule has 1 aliphatic rings. The van der Waals surface area contributed by atoms with Gasteiger partial charge in [-0.15, -0.1) is 0 Å². The number of carbonyl (C=O) groups excluding carboxylic acids is 1. The molecule has 0 aromatic rings. The van der Waals surface area contributed by atoms with E-state index in [1.54, 1.807) is 45.1 Å². The molecule has 1 aliphatic carbocycles. The van der Waals surface area contributed by atoms with Crippen LogP contribution in [0.3, 0.4) is 0 Å². The molecule has 1 rings (SSSR count). The van der Waals surface area contributed by atoms with E-state index in [4.69, 9.17) is 4.74 Å². The highest BCUT2D eigenvalue weighted by Gasteiger charge is 2.16. The van der Waals surface area contributed by atoms with Gasteiger partial charge in [0.05, 0.1) is 0 Å². The molecule has 0 fully saturated rings. The second-order valence-electron chi connectivity index (χ2n) is 4.27. The Labute approximate surface area is 94.5 Å². The Kier molecular flexibility index (Phi) is 3.60. The first-order valence-corrected chi connectivity index (χ1v) is 4.91. The fourth-order valence-electron chi connectivity index (χ4n) is 1.02. The molecule has 0 heterocycles. The molecule has 1 amide bonds. The first-order chi connectivity index (χ1) is 7.38. The Bertz CT molecular complexity index is 348. The minimum Gasteiger partial charge on any atom is -0.493 e. The summed E-state index contributed by atoms with van der Waals surface area (Å²) in [5.41, 5.74) is 4.61. The van der Waals surface area contributed by atoms with E-state index in [2.05, 4.69) is 10.9 Å².